The second-order valence-corrected chi connectivity index (χ2v) is 4.80. The molecule has 0 aliphatic heterocycles. The fourth-order valence-corrected chi connectivity index (χ4v) is 2.28. The Morgan fingerprint density at radius 1 is 1.33 bits per heavy atom. The maximum absolute atomic E-state index is 8.88. The van der Waals surface area contributed by atoms with Crippen LogP contribution >= 0.6 is 27.5 Å². The predicted octanol–water partition coefficient (Wildman–Crippen LogP) is 3.32. The molecule has 0 saturated carbocycles. The molecule has 6 heteroatoms. The van der Waals surface area contributed by atoms with Crippen molar-refractivity contribution in [2.75, 3.05) is 5.43 Å². The van der Waals surface area contributed by atoms with E-state index in [1.807, 2.05) is 18.2 Å². The van der Waals surface area contributed by atoms with E-state index in [2.05, 4.69) is 26.3 Å². The Labute approximate surface area is 117 Å². The number of nitrogen functional groups attached to an aromatic ring is 1. The van der Waals surface area contributed by atoms with Gasteiger partial charge in [-0.15, -0.1) is 0 Å². The van der Waals surface area contributed by atoms with E-state index in [0.717, 1.165) is 10.0 Å². The van der Waals surface area contributed by atoms with Crippen LogP contribution in [0.15, 0.2) is 34.8 Å². The Morgan fingerprint density at radius 3 is 2.72 bits per heavy atom. The first-order chi connectivity index (χ1) is 8.65. The van der Waals surface area contributed by atoms with Crippen LogP contribution in [0.4, 0.5) is 5.82 Å². The predicted molar refractivity (Wildman–Crippen MR) is 74.9 cm³/mol. The number of pyridine rings is 1. The van der Waals surface area contributed by atoms with Crippen LogP contribution in [0.3, 0.4) is 0 Å². The van der Waals surface area contributed by atoms with Gasteiger partial charge in [0.15, 0.2) is 5.82 Å². The van der Waals surface area contributed by atoms with Gasteiger partial charge in [-0.05, 0) is 24.3 Å². The Bertz CT molecular complexity index is 636. The van der Waals surface area contributed by atoms with Crippen LogP contribution in [0.5, 0.6) is 0 Å². The number of nitrogens with one attached hydrogen (secondary N) is 1. The zero-order valence-electron chi connectivity index (χ0n) is 9.11. The average Bonchev–Trinajstić information content (AvgIpc) is 2.38. The first kappa shape index (κ1) is 12.8. The number of hydrogen-bond acceptors (Lipinski definition) is 4. The summed E-state index contributed by atoms with van der Waals surface area (Å²) < 4.78 is 0.891. The van der Waals surface area contributed by atoms with Gasteiger partial charge in [0.05, 0.1) is 16.3 Å². The zero-order chi connectivity index (χ0) is 13.1. The van der Waals surface area contributed by atoms with Gasteiger partial charge < -0.3 is 5.43 Å². The Kier molecular flexibility index (Phi) is 3.82. The molecule has 0 aliphatic rings. The molecule has 0 aliphatic carbocycles. The molecular formula is C12H8BrClN4. The number of nitriles is 1. The summed E-state index contributed by atoms with van der Waals surface area (Å²) in [4.78, 5) is 4.26. The van der Waals surface area contributed by atoms with Crippen LogP contribution in [0.1, 0.15) is 5.56 Å². The van der Waals surface area contributed by atoms with Gasteiger partial charge >= 0.3 is 0 Å². The molecule has 2 aromatic rings. The van der Waals surface area contributed by atoms with E-state index in [1.54, 1.807) is 18.2 Å². The van der Waals surface area contributed by atoms with Gasteiger partial charge in [-0.2, -0.15) is 5.26 Å². The molecule has 0 saturated heterocycles. The molecule has 90 valence electrons. The molecule has 2 rings (SSSR count). The highest BCUT2D eigenvalue weighted by atomic mass is 79.9. The number of aromatic nitrogens is 1. The zero-order valence-corrected chi connectivity index (χ0v) is 11.5. The lowest BCUT2D eigenvalue weighted by Gasteiger charge is -2.07. The number of hydrazine groups is 1. The van der Waals surface area contributed by atoms with Crippen molar-refractivity contribution in [3.05, 3.63) is 45.4 Å². The lowest BCUT2D eigenvalue weighted by molar-refractivity contribution is 1.21. The monoisotopic (exact) mass is 322 g/mol. The van der Waals surface area contributed by atoms with E-state index in [-0.39, 0.29) is 0 Å². The highest BCUT2D eigenvalue weighted by Crippen LogP contribution is 2.30. The summed E-state index contributed by atoms with van der Waals surface area (Å²) in [5, 5.41) is 9.46. The van der Waals surface area contributed by atoms with Crippen molar-refractivity contribution in [3.63, 3.8) is 0 Å². The lowest BCUT2D eigenvalue weighted by Crippen LogP contribution is -2.10. The summed E-state index contributed by atoms with van der Waals surface area (Å²) in [6.45, 7) is 0. The molecule has 0 radical (unpaired) electrons. The Balaban J connectivity index is 2.55. The standard InChI is InChI=1S/C12H8BrClN4/c13-8-2-3-9(10(14)5-8)11-4-1-7(6-15)12(17-11)18-16/h1-5H,16H2,(H,17,18). The second kappa shape index (κ2) is 5.36. The second-order valence-electron chi connectivity index (χ2n) is 3.47. The topological polar surface area (TPSA) is 74.7 Å². The fourth-order valence-electron chi connectivity index (χ4n) is 1.51. The third-order valence-corrected chi connectivity index (χ3v) is 3.17. The van der Waals surface area contributed by atoms with Crippen molar-refractivity contribution in [3.8, 4) is 17.3 Å². The van der Waals surface area contributed by atoms with Crippen molar-refractivity contribution in [2.45, 2.75) is 0 Å². The Hall–Kier alpha value is -1.61. The maximum atomic E-state index is 8.88. The molecule has 1 aromatic heterocycles. The molecule has 4 nitrogen and oxygen atoms in total. The van der Waals surface area contributed by atoms with E-state index >= 15 is 0 Å². The highest BCUT2D eigenvalue weighted by Gasteiger charge is 2.09. The van der Waals surface area contributed by atoms with Crippen LogP contribution in [-0.2, 0) is 0 Å². The molecule has 0 bridgehead atoms. The summed E-state index contributed by atoms with van der Waals surface area (Å²) in [6, 6.07) is 10.9. The molecule has 1 aromatic carbocycles. The fraction of sp³-hybridized carbons (Fsp3) is 0. The molecule has 0 atom stereocenters. The summed E-state index contributed by atoms with van der Waals surface area (Å²) >= 11 is 9.49. The number of rotatable bonds is 2. The first-order valence-corrected chi connectivity index (χ1v) is 6.16. The molecule has 0 fully saturated rings. The largest absolute Gasteiger partial charge is 0.307 e. The van der Waals surface area contributed by atoms with Crippen LogP contribution in [0.25, 0.3) is 11.3 Å². The third-order valence-electron chi connectivity index (χ3n) is 2.36. The van der Waals surface area contributed by atoms with Gasteiger partial charge in [0.1, 0.15) is 6.07 Å². The number of halogens is 2. The van der Waals surface area contributed by atoms with Gasteiger partial charge in [0.2, 0.25) is 0 Å². The summed E-state index contributed by atoms with van der Waals surface area (Å²) in [5.74, 6) is 5.66. The molecular weight excluding hydrogens is 316 g/mol. The minimum atomic E-state index is 0.328. The van der Waals surface area contributed by atoms with E-state index in [0.29, 0.717) is 22.1 Å². The molecule has 1 heterocycles. The number of nitrogens with two attached hydrogens (primary N) is 1. The normalized spacial score (nSPS) is 9.89. The summed E-state index contributed by atoms with van der Waals surface area (Å²) in [7, 11) is 0. The molecule has 0 amide bonds. The maximum Gasteiger partial charge on any atom is 0.158 e. The van der Waals surface area contributed by atoms with Crippen LogP contribution in [0.2, 0.25) is 5.02 Å². The van der Waals surface area contributed by atoms with Crippen LogP contribution < -0.4 is 11.3 Å². The number of anilines is 1. The number of nitrogens with zero attached hydrogens (tertiary/aromatic N) is 2. The smallest absolute Gasteiger partial charge is 0.158 e. The summed E-state index contributed by atoms with van der Waals surface area (Å²) in [6.07, 6.45) is 0. The van der Waals surface area contributed by atoms with Crippen molar-refractivity contribution >= 4 is 33.3 Å². The van der Waals surface area contributed by atoms with Crippen molar-refractivity contribution < 1.29 is 0 Å². The van der Waals surface area contributed by atoms with Gasteiger partial charge in [0, 0.05) is 10.0 Å². The van der Waals surface area contributed by atoms with Gasteiger partial charge in [-0.25, -0.2) is 10.8 Å². The minimum Gasteiger partial charge on any atom is -0.307 e. The molecule has 0 spiro atoms. The van der Waals surface area contributed by atoms with Crippen LogP contribution in [0, 0.1) is 11.3 Å². The molecule has 0 unspecified atom stereocenters. The van der Waals surface area contributed by atoms with Crippen LogP contribution in [-0.4, -0.2) is 4.98 Å². The Morgan fingerprint density at radius 2 is 2.11 bits per heavy atom. The van der Waals surface area contributed by atoms with Crippen molar-refractivity contribution in [1.29, 1.82) is 5.26 Å². The van der Waals surface area contributed by atoms with E-state index in [4.69, 9.17) is 22.7 Å². The SMILES string of the molecule is N#Cc1ccc(-c2ccc(Br)cc2Cl)nc1NN. The van der Waals surface area contributed by atoms with E-state index in [1.165, 1.54) is 0 Å². The number of hydrogen-bond donors (Lipinski definition) is 2. The lowest BCUT2D eigenvalue weighted by atomic mass is 10.1. The first-order valence-electron chi connectivity index (χ1n) is 4.99. The van der Waals surface area contributed by atoms with E-state index < -0.39 is 0 Å². The average molecular weight is 324 g/mol. The van der Waals surface area contributed by atoms with Gasteiger partial charge in [0.25, 0.3) is 0 Å². The quantitative estimate of drug-likeness (QED) is 0.656. The third kappa shape index (κ3) is 2.46. The minimum absolute atomic E-state index is 0.328. The molecule has 18 heavy (non-hydrogen) atoms. The van der Waals surface area contributed by atoms with Crippen molar-refractivity contribution in [1.82, 2.24) is 4.98 Å². The number of benzene rings is 1. The van der Waals surface area contributed by atoms with E-state index in [9.17, 15) is 0 Å². The summed E-state index contributed by atoms with van der Waals surface area (Å²) in [5.41, 5.74) is 4.22. The van der Waals surface area contributed by atoms with Crippen molar-refractivity contribution in [2.24, 2.45) is 5.84 Å². The highest BCUT2D eigenvalue weighted by molar-refractivity contribution is 9.10. The molecule has 3 N–H and O–H groups in total. The van der Waals surface area contributed by atoms with Gasteiger partial charge in [-0.1, -0.05) is 33.6 Å². The van der Waals surface area contributed by atoms with Gasteiger partial charge in [-0.3, -0.25) is 0 Å².